The van der Waals surface area contributed by atoms with Crippen LogP contribution >= 0.6 is 0 Å². The molecule has 0 unspecified atom stereocenters. The van der Waals surface area contributed by atoms with E-state index >= 15 is 0 Å². The zero-order chi connectivity index (χ0) is 25.2. The number of nitrogens with zero attached hydrogens (tertiary/aromatic N) is 5. The highest BCUT2D eigenvalue weighted by atomic mass is 19.4. The van der Waals surface area contributed by atoms with Gasteiger partial charge in [0, 0.05) is 43.3 Å². The summed E-state index contributed by atoms with van der Waals surface area (Å²) in [6, 6.07) is 8.45. The van der Waals surface area contributed by atoms with E-state index in [2.05, 4.69) is 15.0 Å². The van der Waals surface area contributed by atoms with E-state index in [0.29, 0.717) is 48.8 Å². The normalized spacial score (nSPS) is 19.1. The van der Waals surface area contributed by atoms with Crippen LogP contribution in [0.15, 0.2) is 48.8 Å². The Morgan fingerprint density at radius 2 is 1.86 bits per heavy atom. The van der Waals surface area contributed by atoms with Gasteiger partial charge in [-0.3, -0.25) is 0 Å². The molecule has 4 aromatic rings. The number of halogens is 4. The molecule has 7 nitrogen and oxygen atoms in total. The topological polar surface area (TPSA) is 81.6 Å². The van der Waals surface area contributed by atoms with Crippen molar-refractivity contribution in [3.63, 3.8) is 0 Å². The second-order valence-corrected chi connectivity index (χ2v) is 9.19. The van der Waals surface area contributed by atoms with E-state index in [-0.39, 0.29) is 17.3 Å². The Labute approximate surface area is 203 Å². The molecule has 0 amide bonds. The number of anilines is 1. The average molecular weight is 498 g/mol. The summed E-state index contributed by atoms with van der Waals surface area (Å²) in [5, 5.41) is 4.28. The smallest absolute Gasteiger partial charge is 0.419 e. The molecule has 0 saturated carbocycles. The first kappa shape index (κ1) is 22.7. The van der Waals surface area contributed by atoms with Gasteiger partial charge in [0.25, 0.3) is 0 Å². The van der Waals surface area contributed by atoms with Gasteiger partial charge in [-0.1, -0.05) is 18.2 Å². The fourth-order valence-electron chi connectivity index (χ4n) is 5.40. The van der Waals surface area contributed by atoms with E-state index in [9.17, 15) is 17.6 Å². The largest absolute Gasteiger partial charge is 0.469 e. The zero-order valence-corrected chi connectivity index (χ0v) is 19.3. The third-order valence-electron chi connectivity index (χ3n) is 7.16. The van der Waals surface area contributed by atoms with Gasteiger partial charge in [0.05, 0.1) is 23.6 Å². The lowest BCUT2D eigenvalue weighted by Crippen LogP contribution is -2.51. The summed E-state index contributed by atoms with van der Waals surface area (Å²) in [6.45, 7) is 2.75. The predicted molar refractivity (Wildman–Crippen MR) is 124 cm³/mol. The number of nitrogens with two attached hydrogens (primary N) is 1. The van der Waals surface area contributed by atoms with Gasteiger partial charge in [0.2, 0.25) is 5.88 Å². The van der Waals surface area contributed by atoms with E-state index in [1.807, 2.05) is 12.1 Å². The van der Waals surface area contributed by atoms with Crippen LogP contribution < -0.4 is 15.4 Å². The van der Waals surface area contributed by atoms with Gasteiger partial charge >= 0.3 is 6.18 Å². The Bertz CT molecular complexity index is 1480. The van der Waals surface area contributed by atoms with Gasteiger partial charge in [0.15, 0.2) is 5.82 Å². The van der Waals surface area contributed by atoms with Gasteiger partial charge in [-0.15, -0.1) is 0 Å². The zero-order valence-electron chi connectivity index (χ0n) is 19.3. The highest BCUT2D eigenvalue weighted by Gasteiger charge is 2.49. The monoisotopic (exact) mass is 498 g/mol. The van der Waals surface area contributed by atoms with Crippen molar-refractivity contribution >= 4 is 11.3 Å². The molecule has 1 saturated heterocycles. The molecule has 1 spiro atoms. The van der Waals surface area contributed by atoms with Crippen LogP contribution in [0.2, 0.25) is 0 Å². The van der Waals surface area contributed by atoms with Gasteiger partial charge in [-0.2, -0.15) is 18.3 Å². The van der Waals surface area contributed by atoms with Crippen LogP contribution in [-0.4, -0.2) is 38.3 Å². The summed E-state index contributed by atoms with van der Waals surface area (Å²) in [5.41, 5.74) is 6.17. The van der Waals surface area contributed by atoms with E-state index in [1.165, 1.54) is 22.8 Å². The number of fused-ring (bicyclic) bond motifs is 2. The van der Waals surface area contributed by atoms with Gasteiger partial charge in [-0.05, 0) is 25.1 Å². The number of hydrogen-bond acceptors (Lipinski definition) is 6. The molecule has 1 atom stereocenters. The molecule has 186 valence electrons. The molecule has 0 radical (unpaired) electrons. The number of rotatable bonds is 2. The van der Waals surface area contributed by atoms with Crippen molar-refractivity contribution in [2.24, 2.45) is 5.73 Å². The average Bonchev–Trinajstić information content (AvgIpc) is 3.42. The maximum atomic E-state index is 14.3. The molecule has 2 aliphatic rings. The summed E-state index contributed by atoms with van der Waals surface area (Å²) in [5.74, 6) is -0.185. The molecule has 0 bridgehead atoms. The van der Waals surface area contributed by atoms with Crippen molar-refractivity contribution in [1.82, 2.24) is 19.6 Å². The summed E-state index contributed by atoms with van der Waals surface area (Å²) in [6.07, 6.45) is -0.462. The maximum Gasteiger partial charge on any atom is 0.419 e. The molecule has 5 heterocycles. The number of aromatic nitrogens is 4. The minimum Gasteiger partial charge on any atom is -0.469 e. The molecule has 1 aromatic carbocycles. The van der Waals surface area contributed by atoms with E-state index < -0.39 is 23.2 Å². The highest BCUT2D eigenvalue weighted by Crippen LogP contribution is 2.47. The highest BCUT2D eigenvalue weighted by molar-refractivity contribution is 5.77. The van der Waals surface area contributed by atoms with Crippen molar-refractivity contribution in [3.8, 4) is 17.1 Å². The molecule has 0 aliphatic carbocycles. The minimum atomic E-state index is -4.88. The lowest BCUT2D eigenvalue weighted by atomic mass is 9.83. The standard InChI is InChI=1S/C25H22F4N6O/c1-14-20(15-4-2-6-17(26)19(15)25(27,28)29)35-18(7-11-32-35)22(33-14)34-12-8-24(9-13-34)21(30)16-5-3-10-31-23(16)36-24/h2-7,10-11,21H,8-9,12-13,30H2,1H3/t21-/m1/s1. The minimum absolute atomic E-state index is 0.0988. The number of aryl methyl sites for hydroxylation is 1. The number of piperidine rings is 1. The number of pyridine rings is 1. The summed E-state index contributed by atoms with van der Waals surface area (Å²) < 4.78 is 63.3. The summed E-state index contributed by atoms with van der Waals surface area (Å²) in [7, 11) is 0. The molecule has 2 N–H and O–H groups in total. The number of hydrogen-bond donors (Lipinski definition) is 1. The van der Waals surface area contributed by atoms with E-state index in [4.69, 9.17) is 15.5 Å². The molecular weight excluding hydrogens is 476 g/mol. The van der Waals surface area contributed by atoms with Gasteiger partial charge < -0.3 is 15.4 Å². The van der Waals surface area contributed by atoms with Crippen molar-refractivity contribution < 1.29 is 22.3 Å². The third kappa shape index (κ3) is 3.33. The van der Waals surface area contributed by atoms with E-state index in [1.54, 1.807) is 19.2 Å². The maximum absolute atomic E-state index is 14.3. The Hall–Kier alpha value is -3.73. The third-order valence-corrected chi connectivity index (χ3v) is 7.16. The van der Waals surface area contributed by atoms with Crippen LogP contribution in [0, 0.1) is 12.7 Å². The van der Waals surface area contributed by atoms with Crippen LogP contribution in [-0.2, 0) is 6.18 Å². The second-order valence-electron chi connectivity index (χ2n) is 9.19. The summed E-state index contributed by atoms with van der Waals surface area (Å²) >= 11 is 0. The summed E-state index contributed by atoms with van der Waals surface area (Å²) in [4.78, 5) is 11.1. The number of benzene rings is 1. The van der Waals surface area contributed by atoms with Crippen LogP contribution in [0.25, 0.3) is 16.8 Å². The number of ether oxygens (including phenoxy) is 1. The SMILES string of the molecule is Cc1nc(N2CCC3(CC2)Oc2ncccc2[C@H]3N)c2ccnn2c1-c1cccc(F)c1C(F)(F)F. The molecular formula is C25H22F4N6O. The van der Waals surface area contributed by atoms with Gasteiger partial charge in [-0.25, -0.2) is 18.9 Å². The van der Waals surface area contributed by atoms with Crippen molar-refractivity contribution in [1.29, 1.82) is 0 Å². The Balaban J connectivity index is 1.37. The number of alkyl halides is 3. The van der Waals surface area contributed by atoms with Crippen LogP contribution in [0.4, 0.5) is 23.4 Å². The van der Waals surface area contributed by atoms with Crippen LogP contribution in [0.3, 0.4) is 0 Å². The Morgan fingerprint density at radius 3 is 2.58 bits per heavy atom. The Kier molecular flexibility index (Phi) is 4.98. The molecule has 1 fully saturated rings. The van der Waals surface area contributed by atoms with Crippen molar-refractivity contribution in [2.75, 3.05) is 18.0 Å². The van der Waals surface area contributed by atoms with Gasteiger partial charge in [0.1, 0.15) is 22.5 Å². The second kappa shape index (κ2) is 7.89. The lowest BCUT2D eigenvalue weighted by Gasteiger charge is -2.41. The van der Waals surface area contributed by atoms with Crippen LogP contribution in [0.5, 0.6) is 5.88 Å². The quantitative estimate of drug-likeness (QED) is 0.404. The first-order valence-corrected chi connectivity index (χ1v) is 11.5. The molecule has 2 aliphatic heterocycles. The lowest BCUT2D eigenvalue weighted by molar-refractivity contribution is -0.139. The first-order chi connectivity index (χ1) is 17.2. The molecule has 3 aromatic heterocycles. The van der Waals surface area contributed by atoms with E-state index in [0.717, 1.165) is 11.6 Å². The molecule has 11 heteroatoms. The molecule has 6 rings (SSSR count). The van der Waals surface area contributed by atoms with Crippen molar-refractivity contribution in [2.45, 2.75) is 37.6 Å². The fraction of sp³-hybridized carbons (Fsp3) is 0.320. The fourth-order valence-corrected chi connectivity index (χ4v) is 5.40. The predicted octanol–water partition coefficient (Wildman–Crippen LogP) is 4.69. The molecule has 36 heavy (non-hydrogen) atoms. The van der Waals surface area contributed by atoms with Crippen LogP contribution in [0.1, 0.15) is 35.7 Å². The first-order valence-electron chi connectivity index (χ1n) is 11.5. The Morgan fingerprint density at radius 1 is 1.08 bits per heavy atom. The van der Waals surface area contributed by atoms with Crippen molar-refractivity contribution in [3.05, 3.63) is 71.4 Å².